The summed E-state index contributed by atoms with van der Waals surface area (Å²) in [6, 6.07) is 10.9. The monoisotopic (exact) mass is 286 g/mol. The van der Waals surface area contributed by atoms with Gasteiger partial charge in [0.15, 0.2) is 0 Å². The van der Waals surface area contributed by atoms with E-state index < -0.39 is 0 Å². The Labute approximate surface area is 125 Å². The van der Waals surface area contributed by atoms with Gasteiger partial charge in [-0.25, -0.2) is 0 Å². The molecule has 0 radical (unpaired) electrons. The first-order chi connectivity index (χ1) is 10.4. The third-order valence-electron chi connectivity index (χ3n) is 3.89. The van der Waals surface area contributed by atoms with Crippen molar-refractivity contribution in [1.29, 1.82) is 0 Å². The number of hydrogen-bond acceptors (Lipinski definition) is 4. The maximum atomic E-state index is 5.48. The summed E-state index contributed by atoms with van der Waals surface area (Å²) < 4.78 is 7.61. The van der Waals surface area contributed by atoms with Crippen LogP contribution in [0, 0.1) is 0 Å². The van der Waals surface area contributed by atoms with Gasteiger partial charge in [0.2, 0.25) is 0 Å². The fourth-order valence-electron chi connectivity index (χ4n) is 2.63. The van der Waals surface area contributed by atoms with Crippen molar-refractivity contribution in [2.45, 2.75) is 38.4 Å². The molecule has 0 amide bonds. The maximum absolute atomic E-state index is 5.48. The zero-order valence-corrected chi connectivity index (χ0v) is 12.2. The molecule has 2 aromatic rings. The van der Waals surface area contributed by atoms with E-state index in [2.05, 4.69) is 44.3 Å². The summed E-state index contributed by atoms with van der Waals surface area (Å²) >= 11 is 0. The lowest BCUT2D eigenvalue weighted by Gasteiger charge is -2.23. The number of aryl methyl sites for hydroxylation is 2. The molecule has 1 aromatic heterocycles. The predicted octanol–water partition coefficient (Wildman–Crippen LogP) is 1.79. The Kier molecular flexibility index (Phi) is 4.97. The average molecular weight is 286 g/mol. The second kappa shape index (κ2) is 7.33. The van der Waals surface area contributed by atoms with Crippen LogP contribution in [0.3, 0.4) is 0 Å². The molecular weight excluding hydrogens is 264 g/mol. The molecule has 1 fully saturated rings. The lowest BCUT2D eigenvalue weighted by Crippen LogP contribution is -2.36. The van der Waals surface area contributed by atoms with Crippen molar-refractivity contribution in [2.75, 3.05) is 13.2 Å². The molecular formula is C16H22N4O. The molecule has 1 aliphatic rings. The van der Waals surface area contributed by atoms with Gasteiger partial charge in [0, 0.05) is 19.2 Å². The molecule has 2 heterocycles. The second-order valence-corrected chi connectivity index (χ2v) is 5.47. The van der Waals surface area contributed by atoms with Gasteiger partial charge in [-0.3, -0.25) is 0 Å². The minimum absolute atomic E-state index is 0.443. The number of nitrogens with zero attached hydrogens (tertiary/aromatic N) is 3. The second-order valence-electron chi connectivity index (χ2n) is 5.47. The fourth-order valence-corrected chi connectivity index (χ4v) is 2.63. The van der Waals surface area contributed by atoms with E-state index in [1.807, 2.05) is 12.4 Å². The summed E-state index contributed by atoms with van der Waals surface area (Å²) in [6.07, 6.45) is 5.13. The molecule has 21 heavy (non-hydrogen) atoms. The lowest BCUT2D eigenvalue weighted by atomic mass is 10.1. The van der Waals surface area contributed by atoms with Crippen LogP contribution in [0.25, 0.3) is 0 Å². The molecule has 0 spiro atoms. The van der Waals surface area contributed by atoms with E-state index in [0.717, 1.165) is 45.0 Å². The number of hydrogen-bond donors (Lipinski definition) is 1. The van der Waals surface area contributed by atoms with Crippen LogP contribution < -0.4 is 5.32 Å². The maximum Gasteiger partial charge on any atom is 0.146 e. The highest BCUT2D eigenvalue weighted by Gasteiger charge is 2.14. The smallest absolute Gasteiger partial charge is 0.146 e. The summed E-state index contributed by atoms with van der Waals surface area (Å²) in [5.74, 6) is 0.997. The molecule has 0 aliphatic carbocycles. The average Bonchev–Trinajstić information content (AvgIpc) is 3.00. The van der Waals surface area contributed by atoms with Crippen LogP contribution in [0.1, 0.15) is 24.2 Å². The van der Waals surface area contributed by atoms with Crippen LogP contribution in [0.5, 0.6) is 0 Å². The third kappa shape index (κ3) is 4.12. The largest absolute Gasteiger partial charge is 0.380 e. The van der Waals surface area contributed by atoms with Crippen LogP contribution in [0.2, 0.25) is 0 Å². The van der Waals surface area contributed by atoms with Crippen LogP contribution in [-0.4, -0.2) is 34.0 Å². The standard InChI is InChI=1S/C16H22N4O/c1-2-5-14(6-3-1)8-9-20-13-18-19-16(20)11-17-15-7-4-10-21-12-15/h1-3,5-6,13,15,17H,4,7-12H2/t15-/m0/s1. The normalized spacial score (nSPS) is 18.8. The molecule has 1 saturated heterocycles. The first-order valence-corrected chi connectivity index (χ1v) is 7.63. The Bertz CT molecular complexity index is 534. The summed E-state index contributed by atoms with van der Waals surface area (Å²) in [5, 5.41) is 11.8. The third-order valence-corrected chi connectivity index (χ3v) is 3.89. The zero-order valence-electron chi connectivity index (χ0n) is 12.2. The molecule has 1 atom stereocenters. The highest BCUT2D eigenvalue weighted by molar-refractivity contribution is 5.14. The summed E-state index contributed by atoms with van der Waals surface area (Å²) in [6.45, 7) is 3.36. The van der Waals surface area contributed by atoms with Crippen LogP contribution in [0.4, 0.5) is 0 Å². The summed E-state index contributed by atoms with van der Waals surface area (Å²) in [7, 11) is 0. The van der Waals surface area contributed by atoms with E-state index in [1.54, 1.807) is 0 Å². The highest BCUT2D eigenvalue weighted by Crippen LogP contribution is 2.07. The molecule has 5 nitrogen and oxygen atoms in total. The van der Waals surface area contributed by atoms with Gasteiger partial charge < -0.3 is 14.6 Å². The molecule has 1 aromatic carbocycles. The van der Waals surface area contributed by atoms with Gasteiger partial charge >= 0.3 is 0 Å². The molecule has 3 rings (SSSR count). The molecule has 0 bridgehead atoms. The minimum Gasteiger partial charge on any atom is -0.380 e. The highest BCUT2D eigenvalue weighted by atomic mass is 16.5. The SMILES string of the molecule is c1ccc(CCn2cnnc2CN[C@H]2CCCOC2)cc1. The van der Waals surface area contributed by atoms with Crippen LogP contribution >= 0.6 is 0 Å². The van der Waals surface area contributed by atoms with Crippen LogP contribution in [0.15, 0.2) is 36.7 Å². The number of benzene rings is 1. The first kappa shape index (κ1) is 14.2. The molecule has 1 aliphatic heterocycles. The Hall–Kier alpha value is -1.72. The van der Waals surface area contributed by atoms with Gasteiger partial charge in [-0.05, 0) is 24.8 Å². The molecule has 1 N–H and O–H groups in total. The van der Waals surface area contributed by atoms with Gasteiger partial charge in [0.25, 0.3) is 0 Å². The number of ether oxygens (including phenoxy) is 1. The number of nitrogens with one attached hydrogen (secondary N) is 1. The van der Waals surface area contributed by atoms with Crippen molar-refractivity contribution in [2.24, 2.45) is 0 Å². The molecule has 112 valence electrons. The van der Waals surface area contributed by atoms with Crippen molar-refractivity contribution < 1.29 is 4.74 Å². The van der Waals surface area contributed by atoms with E-state index in [-0.39, 0.29) is 0 Å². The molecule has 5 heteroatoms. The van der Waals surface area contributed by atoms with E-state index in [1.165, 1.54) is 12.0 Å². The molecule has 0 unspecified atom stereocenters. The van der Waals surface area contributed by atoms with Crippen molar-refractivity contribution in [1.82, 2.24) is 20.1 Å². The Morgan fingerprint density at radius 3 is 3.00 bits per heavy atom. The zero-order chi connectivity index (χ0) is 14.3. The number of aromatic nitrogens is 3. The summed E-state index contributed by atoms with van der Waals surface area (Å²) in [5.41, 5.74) is 1.34. The Morgan fingerprint density at radius 2 is 2.19 bits per heavy atom. The van der Waals surface area contributed by atoms with Gasteiger partial charge in [-0.2, -0.15) is 0 Å². The van der Waals surface area contributed by atoms with Gasteiger partial charge in [-0.1, -0.05) is 30.3 Å². The van der Waals surface area contributed by atoms with Gasteiger partial charge in [0.05, 0.1) is 13.2 Å². The molecule has 0 saturated carbocycles. The summed E-state index contributed by atoms with van der Waals surface area (Å²) in [4.78, 5) is 0. The fraction of sp³-hybridized carbons (Fsp3) is 0.500. The Morgan fingerprint density at radius 1 is 1.29 bits per heavy atom. The topological polar surface area (TPSA) is 52.0 Å². The first-order valence-electron chi connectivity index (χ1n) is 7.63. The quantitative estimate of drug-likeness (QED) is 0.879. The van der Waals surface area contributed by atoms with Crippen molar-refractivity contribution in [3.8, 4) is 0 Å². The van der Waals surface area contributed by atoms with Gasteiger partial charge in [-0.15, -0.1) is 10.2 Å². The van der Waals surface area contributed by atoms with Crippen LogP contribution in [-0.2, 0) is 24.2 Å². The van der Waals surface area contributed by atoms with Gasteiger partial charge in [0.1, 0.15) is 12.2 Å². The lowest BCUT2D eigenvalue weighted by molar-refractivity contribution is 0.0696. The predicted molar refractivity (Wildman–Crippen MR) is 80.8 cm³/mol. The van der Waals surface area contributed by atoms with E-state index in [9.17, 15) is 0 Å². The number of rotatable bonds is 6. The Balaban J connectivity index is 1.51. The van der Waals surface area contributed by atoms with E-state index >= 15 is 0 Å². The van der Waals surface area contributed by atoms with Crippen molar-refractivity contribution in [3.63, 3.8) is 0 Å². The minimum atomic E-state index is 0.443. The van der Waals surface area contributed by atoms with Crippen molar-refractivity contribution in [3.05, 3.63) is 48.0 Å². The van der Waals surface area contributed by atoms with E-state index in [0.29, 0.717) is 6.04 Å². The van der Waals surface area contributed by atoms with Crippen molar-refractivity contribution >= 4 is 0 Å². The van der Waals surface area contributed by atoms with E-state index in [4.69, 9.17) is 4.74 Å².